The zero-order valence-electron chi connectivity index (χ0n) is 26.5. The molecule has 10 heteroatoms. The molecule has 0 aliphatic heterocycles. The van der Waals surface area contributed by atoms with E-state index in [1.807, 2.05) is 119 Å². The predicted octanol–water partition coefficient (Wildman–Crippen LogP) is 8.01. The van der Waals surface area contributed by atoms with Crippen LogP contribution in [0.15, 0.2) is 119 Å². The third kappa shape index (κ3) is 8.03. The number of hydrogen-bond acceptors (Lipinski definition) is 10. The highest BCUT2D eigenvalue weighted by Crippen LogP contribution is 2.34. The number of fused-ring (bicyclic) bond motifs is 2. The highest BCUT2D eigenvalue weighted by Gasteiger charge is 2.30. The molecule has 0 saturated heterocycles. The van der Waals surface area contributed by atoms with E-state index in [0.717, 1.165) is 32.7 Å². The molecule has 48 heavy (non-hydrogen) atoms. The van der Waals surface area contributed by atoms with Gasteiger partial charge in [0.1, 0.15) is 23.7 Å². The summed E-state index contributed by atoms with van der Waals surface area (Å²) in [6.07, 6.45) is -2.05. The second-order valence-electron chi connectivity index (χ2n) is 11.1. The Morgan fingerprint density at radius 1 is 0.583 bits per heavy atom. The minimum atomic E-state index is -1.11. The first-order valence-electron chi connectivity index (χ1n) is 15.6. The van der Waals surface area contributed by atoms with Gasteiger partial charge in [-0.05, 0) is 70.7 Å². The van der Waals surface area contributed by atoms with Crippen molar-refractivity contribution in [1.82, 2.24) is 10.6 Å². The van der Waals surface area contributed by atoms with Gasteiger partial charge in [-0.25, -0.2) is 9.59 Å². The van der Waals surface area contributed by atoms with Crippen LogP contribution in [0.2, 0.25) is 0 Å². The van der Waals surface area contributed by atoms with Gasteiger partial charge in [0.05, 0.1) is 0 Å². The van der Waals surface area contributed by atoms with Crippen molar-refractivity contribution in [3.8, 4) is 11.5 Å². The summed E-state index contributed by atoms with van der Waals surface area (Å²) in [4.78, 5) is 26.2. The smallest absolute Gasteiger partial charge is 0.419 e. The Bertz CT molecular complexity index is 1790. The zero-order valence-corrected chi connectivity index (χ0v) is 28.2. The molecular weight excluding hydrogens is 645 g/mol. The van der Waals surface area contributed by atoms with E-state index < -0.39 is 36.6 Å². The molecule has 0 saturated carbocycles. The summed E-state index contributed by atoms with van der Waals surface area (Å²) in [7, 11) is 3.33. The van der Waals surface area contributed by atoms with E-state index in [-0.39, 0.29) is 12.8 Å². The Hall–Kier alpha value is -4.74. The van der Waals surface area contributed by atoms with Gasteiger partial charge in [0.2, 0.25) is 0 Å². The highest BCUT2D eigenvalue weighted by atomic mass is 32.1. The first-order chi connectivity index (χ1) is 23.5. The van der Waals surface area contributed by atoms with Crippen LogP contribution in [-0.2, 0) is 19.1 Å². The Balaban J connectivity index is 1.12. The maximum absolute atomic E-state index is 13.1. The van der Waals surface area contributed by atoms with Crippen LogP contribution in [0.5, 0.6) is 11.5 Å². The maximum atomic E-state index is 13.1. The standard InChI is InChI=1S/C38H36N2O6S2/c1-39-35(21-33(27-17-19-47-23-27)43-31-15-7-11-25-9-3-5-13-29(25)31)45-37(41)38(42)46-36(40-2)22-34(28-18-20-48-24-28)44-32-16-8-12-26-10-4-6-14-30(26)32/h3-20,23-24,33-36,39-40H,21-22H2,1-2H3. The molecule has 0 amide bonds. The van der Waals surface area contributed by atoms with Crippen LogP contribution in [0.4, 0.5) is 0 Å². The average Bonchev–Trinajstić information content (AvgIpc) is 3.86. The quantitative estimate of drug-likeness (QED) is 0.0679. The summed E-state index contributed by atoms with van der Waals surface area (Å²) < 4.78 is 24.3. The second kappa shape index (κ2) is 15.9. The predicted molar refractivity (Wildman–Crippen MR) is 190 cm³/mol. The number of ether oxygens (including phenoxy) is 4. The van der Waals surface area contributed by atoms with Crippen molar-refractivity contribution in [2.45, 2.75) is 37.5 Å². The number of benzene rings is 4. The average molecular weight is 681 g/mol. The number of esters is 2. The first kappa shape index (κ1) is 33.2. The van der Waals surface area contributed by atoms with Crippen molar-refractivity contribution >= 4 is 56.2 Å². The molecule has 0 radical (unpaired) electrons. The molecule has 2 N–H and O–H groups in total. The molecule has 4 atom stereocenters. The number of hydrogen-bond donors (Lipinski definition) is 2. The van der Waals surface area contributed by atoms with E-state index in [0.29, 0.717) is 11.5 Å². The van der Waals surface area contributed by atoms with Crippen LogP contribution in [0, 0.1) is 0 Å². The third-order valence-electron chi connectivity index (χ3n) is 8.03. The van der Waals surface area contributed by atoms with Gasteiger partial charge in [0.25, 0.3) is 0 Å². The number of rotatable bonds is 14. The van der Waals surface area contributed by atoms with Crippen LogP contribution >= 0.6 is 22.7 Å². The fourth-order valence-corrected chi connectivity index (χ4v) is 6.92. The topological polar surface area (TPSA) is 95.1 Å². The Labute approximate surface area is 287 Å². The third-order valence-corrected chi connectivity index (χ3v) is 9.44. The largest absolute Gasteiger partial charge is 0.485 e. The van der Waals surface area contributed by atoms with Gasteiger partial charge in [-0.3, -0.25) is 10.6 Å². The Morgan fingerprint density at radius 2 is 1.00 bits per heavy atom. The second-order valence-corrected chi connectivity index (χ2v) is 12.7. The van der Waals surface area contributed by atoms with Gasteiger partial charge in [0.15, 0.2) is 12.5 Å². The molecular formula is C38H36N2O6S2. The fraction of sp³-hybridized carbons (Fsp3) is 0.211. The number of thiophene rings is 2. The lowest BCUT2D eigenvalue weighted by atomic mass is 10.1. The molecule has 4 unspecified atom stereocenters. The van der Waals surface area contributed by atoms with Gasteiger partial charge < -0.3 is 18.9 Å². The number of nitrogens with one attached hydrogen (secondary N) is 2. The Morgan fingerprint density at radius 3 is 1.40 bits per heavy atom. The first-order valence-corrected chi connectivity index (χ1v) is 17.5. The van der Waals surface area contributed by atoms with Crippen LogP contribution in [0.3, 0.4) is 0 Å². The number of carbonyl (C=O) groups excluding carboxylic acids is 2. The van der Waals surface area contributed by atoms with E-state index in [4.69, 9.17) is 18.9 Å². The van der Waals surface area contributed by atoms with Crippen LogP contribution in [0.25, 0.3) is 21.5 Å². The lowest BCUT2D eigenvalue weighted by molar-refractivity contribution is -0.177. The van der Waals surface area contributed by atoms with E-state index in [1.54, 1.807) is 36.8 Å². The molecule has 6 rings (SSSR count). The normalized spacial score (nSPS) is 13.8. The van der Waals surface area contributed by atoms with E-state index in [1.165, 1.54) is 0 Å². The van der Waals surface area contributed by atoms with Gasteiger partial charge in [-0.2, -0.15) is 22.7 Å². The summed E-state index contributed by atoms with van der Waals surface area (Å²) in [6, 6.07) is 31.7. The van der Waals surface area contributed by atoms with Gasteiger partial charge in [-0.1, -0.05) is 72.8 Å². The summed E-state index contributed by atoms with van der Waals surface area (Å²) in [6.45, 7) is 0. The van der Waals surface area contributed by atoms with E-state index in [2.05, 4.69) is 10.6 Å². The lowest BCUT2D eigenvalue weighted by Crippen LogP contribution is -2.40. The molecule has 8 nitrogen and oxygen atoms in total. The minimum Gasteiger partial charge on any atom is -0.485 e. The summed E-state index contributed by atoms with van der Waals surface area (Å²) >= 11 is 3.10. The van der Waals surface area contributed by atoms with Gasteiger partial charge >= 0.3 is 11.9 Å². The molecule has 246 valence electrons. The van der Waals surface area contributed by atoms with Crippen molar-refractivity contribution in [3.63, 3.8) is 0 Å². The molecule has 0 spiro atoms. The molecule has 4 aromatic carbocycles. The molecule has 2 heterocycles. The van der Waals surface area contributed by atoms with Crippen molar-refractivity contribution in [2.75, 3.05) is 14.1 Å². The van der Waals surface area contributed by atoms with Crippen molar-refractivity contribution in [3.05, 3.63) is 130 Å². The fourth-order valence-electron chi connectivity index (χ4n) is 5.52. The zero-order chi connectivity index (χ0) is 33.3. The molecule has 2 aromatic heterocycles. The van der Waals surface area contributed by atoms with Crippen molar-refractivity contribution in [2.24, 2.45) is 0 Å². The van der Waals surface area contributed by atoms with Crippen LogP contribution in [-0.4, -0.2) is 38.5 Å². The maximum Gasteiger partial charge on any atom is 0.419 e. The van der Waals surface area contributed by atoms with Crippen molar-refractivity contribution in [1.29, 1.82) is 0 Å². The van der Waals surface area contributed by atoms with E-state index >= 15 is 0 Å². The molecule has 0 aliphatic rings. The summed E-state index contributed by atoms with van der Waals surface area (Å²) in [5.74, 6) is -0.780. The van der Waals surface area contributed by atoms with Crippen LogP contribution in [0.1, 0.15) is 36.2 Å². The summed E-state index contributed by atoms with van der Waals surface area (Å²) in [5, 5.41) is 18.0. The highest BCUT2D eigenvalue weighted by molar-refractivity contribution is 7.08. The number of carbonyl (C=O) groups is 2. The monoisotopic (exact) mass is 680 g/mol. The SMILES string of the molecule is CNC(CC(Oc1cccc2ccccc12)c1ccsc1)OC(=O)C(=O)OC(CC(Oc1cccc2ccccc12)c1ccsc1)NC. The van der Waals surface area contributed by atoms with Crippen molar-refractivity contribution < 1.29 is 28.5 Å². The molecule has 0 bridgehead atoms. The van der Waals surface area contributed by atoms with Gasteiger partial charge in [-0.15, -0.1) is 0 Å². The van der Waals surface area contributed by atoms with Crippen LogP contribution < -0.4 is 20.1 Å². The minimum absolute atomic E-state index is 0.254. The Kier molecular flexibility index (Phi) is 11.0. The molecule has 6 aromatic rings. The molecule has 0 fully saturated rings. The summed E-state index contributed by atoms with van der Waals surface area (Å²) in [5.41, 5.74) is 1.88. The van der Waals surface area contributed by atoms with Gasteiger partial charge in [0, 0.05) is 34.7 Å². The lowest BCUT2D eigenvalue weighted by Gasteiger charge is -2.26. The molecule has 0 aliphatic carbocycles. The van der Waals surface area contributed by atoms with E-state index in [9.17, 15) is 9.59 Å².